The third-order valence-electron chi connectivity index (χ3n) is 2.24. The molecule has 0 atom stereocenters. The van der Waals surface area contributed by atoms with Gasteiger partial charge in [-0.05, 0) is 12.1 Å². The van der Waals surface area contributed by atoms with Crippen LogP contribution in [0.5, 0.6) is 5.75 Å². The minimum Gasteiger partial charge on any atom is -0.489 e. The van der Waals surface area contributed by atoms with Gasteiger partial charge in [0.05, 0.1) is 16.3 Å². The summed E-state index contributed by atoms with van der Waals surface area (Å²) in [4.78, 5) is 4.58. The summed E-state index contributed by atoms with van der Waals surface area (Å²) in [7, 11) is 0. The second-order valence-corrected chi connectivity index (χ2v) is 4.94. The van der Waals surface area contributed by atoms with Gasteiger partial charge in [-0.3, -0.25) is 0 Å². The Morgan fingerprint density at radius 2 is 2.25 bits per heavy atom. The summed E-state index contributed by atoms with van der Waals surface area (Å²) in [5.41, 5.74) is 0.907. The van der Waals surface area contributed by atoms with E-state index in [1.54, 1.807) is 11.3 Å². The van der Waals surface area contributed by atoms with E-state index in [-0.39, 0.29) is 6.61 Å². The molecule has 2 aromatic rings. The molecular weight excluding hydrogens is 222 g/mol. The molecule has 1 heterocycles. The lowest BCUT2D eigenvalue weighted by molar-refractivity contribution is 0.202. The summed E-state index contributed by atoms with van der Waals surface area (Å²) in [5.74, 6) is 1.19. The zero-order valence-electron chi connectivity index (χ0n) is 9.43. The molecule has 0 aliphatic carbocycles. The molecule has 16 heavy (non-hydrogen) atoms. The van der Waals surface area contributed by atoms with Crippen LogP contribution in [0.25, 0.3) is 10.2 Å². The number of aliphatic hydroxyl groups excluding tert-OH is 1. The maximum absolute atomic E-state index is 8.75. The van der Waals surface area contributed by atoms with Crippen molar-refractivity contribution in [3.63, 3.8) is 0 Å². The number of hydrogen-bond acceptors (Lipinski definition) is 4. The molecule has 0 fully saturated rings. The number of fused-ring (bicyclic) bond motifs is 1. The first-order valence-electron chi connectivity index (χ1n) is 5.35. The van der Waals surface area contributed by atoms with Crippen LogP contribution >= 0.6 is 11.3 Å². The maximum atomic E-state index is 8.75. The van der Waals surface area contributed by atoms with Crippen LogP contribution < -0.4 is 4.74 Å². The summed E-state index contributed by atoms with van der Waals surface area (Å²) in [6, 6.07) is 5.89. The molecule has 2 rings (SSSR count). The highest BCUT2D eigenvalue weighted by molar-refractivity contribution is 7.18. The molecular formula is C12H15NO2S. The molecule has 3 nitrogen and oxygen atoms in total. The average molecular weight is 237 g/mol. The summed E-state index contributed by atoms with van der Waals surface area (Å²) in [5, 5.41) is 9.87. The van der Waals surface area contributed by atoms with Gasteiger partial charge in [0, 0.05) is 5.92 Å². The molecule has 0 bridgehead atoms. The first kappa shape index (κ1) is 11.4. The molecule has 0 aliphatic heterocycles. The highest BCUT2D eigenvalue weighted by Gasteiger charge is 2.10. The predicted molar refractivity (Wildman–Crippen MR) is 66.3 cm³/mol. The normalized spacial score (nSPS) is 11.2. The van der Waals surface area contributed by atoms with Crippen LogP contribution in [0, 0.1) is 0 Å². The fraction of sp³-hybridized carbons (Fsp3) is 0.417. The van der Waals surface area contributed by atoms with Gasteiger partial charge in [0.15, 0.2) is 0 Å². The first-order valence-corrected chi connectivity index (χ1v) is 6.17. The molecule has 0 aliphatic rings. The Bertz CT molecular complexity index is 479. The van der Waals surface area contributed by atoms with Gasteiger partial charge in [-0.25, -0.2) is 4.98 Å². The van der Waals surface area contributed by atoms with Crippen LogP contribution in [0.2, 0.25) is 0 Å². The molecule has 0 spiro atoms. The summed E-state index contributed by atoms with van der Waals surface area (Å²) in [6.45, 7) is 4.60. The SMILES string of the molecule is CC(C)c1nc2c(OCCO)cccc2s1. The molecule has 0 saturated heterocycles. The fourth-order valence-electron chi connectivity index (χ4n) is 1.46. The Labute approximate surface area is 98.7 Å². The average Bonchev–Trinajstić information content (AvgIpc) is 2.70. The largest absolute Gasteiger partial charge is 0.489 e. The zero-order chi connectivity index (χ0) is 11.5. The van der Waals surface area contributed by atoms with E-state index in [1.165, 1.54) is 0 Å². The van der Waals surface area contributed by atoms with Crippen molar-refractivity contribution < 1.29 is 9.84 Å². The first-order chi connectivity index (χ1) is 7.72. The van der Waals surface area contributed by atoms with Crippen molar-refractivity contribution >= 4 is 21.6 Å². The molecule has 86 valence electrons. The molecule has 0 amide bonds. The van der Waals surface area contributed by atoms with E-state index < -0.39 is 0 Å². The van der Waals surface area contributed by atoms with Crippen molar-refractivity contribution in [3.05, 3.63) is 23.2 Å². The lowest BCUT2D eigenvalue weighted by Gasteiger charge is -2.03. The van der Waals surface area contributed by atoms with Crippen LogP contribution in [0.15, 0.2) is 18.2 Å². The number of thiazole rings is 1. The quantitative estimate of drug-likeness (QED) is 0.889. The number of benzene rings is 1. The standard InChI is InChI=1S/C12H15NO2S/c1-8(2)12-13-11-9(15-7-6-14)4-3-5-10(11)16-12/h3-5,8,14H,6-7H2,1-2H3. The fourth-order valence-corrected chi connectivity index (χ4v) is 2.45. The van der Waals surface area contributed by atoms with E-state index in [1.807, 2.05) is 18.2 Å². The smallest absolute Gasteiger partial charge is 0.146 e. The number of rotatable bonds is 4. The minimum absolute atomic E-state index is 0.0254. The van der Waals surface area contributed by atoms with E-state index >= 15 is 0 Å². The molecule has 1 N–H and O–H groups in total. The van der Waals surface area contributed by atoms with Gasteiger partial charge in [0.25, 0.3) is 0 Å². The summed E-state index contributed by atoms with van der Waals surface area (Å²) >= 11 is 1.70. The van der Waals surface area contributed by atoms with Crippen LogP contribution in [0.1, 0.15) is 24.8 Å². The van der Waals surface area contributed by atoms with Gasteiger partial charge in [0.1, 0.15) is 17.9 Å². The van der Waals surface area contributed by atoms with Crippen molar-refractivity contribution in [1.29, 1.82) is 0 Å². The van der Waals surface area contributed by atoms with Gasteiger partial charge >= 0.3 is 0 Å². The Hall–Kier alpha value is -1.13. The number of para-hydroxylation sites is 1. The van der Waals surface area contributed by atoms with Gasteiger partial charge in [-0.1, -0.05) is 19.9 Å². The maximum Gasteiger partial charge on any atom is 0.146 e. The van der Waals surface area contributed by atoms with E-state index in [0.717, 1.165) is 21.0 Å². The van der Waals surface area contributed by atoms with Crippen LogP contribution in [0.4, 0.5) is 0 Å². The van der Waals surface area contributed by atoms with E-state index in [0.29, 0.717) is 12.5 Å². The number of aliphatic hydroxyl groups is 1. The van der Waals surface area contributed by atoms with Crippen LogP contribution in [0.3, 0.4) is 0 Å². The van der Waals surface area contributed by atoms with E-state index in [9.17, 15) is 0 Å². The summed E-state index contributed by atoms with van der Waals surface area (Å²) in [6.07, 6.45) is 0. The Morgan fingerprint density at radius 3 is 2.94 bits per heavy atom. The van der Waals surface area contributed by atoms with Crippen molar-refractivity contribution in [3.8, 4) is 5.75 Å². The topological polar surface area (TPSA) is 42.4 Å². The number of ether oxygens (including phenoxy) is 1. The van der Waals surface area contributed by atoms with E-state index in [2.05, 4.69) is 18.8 Å². The highest BCUT2D eigenvalue weighted by atomic mass is 32.1. The second-order valence-electron chi connectivity index (χ2n) is 3.88. The lowest BCUT2D eigenvalue weighted by Crippen LogP contribution is -2.01. The third-order valence-corrected chi connectivity index (χ3v) is 3.56. The van der Waals surface area contributed by atoms with Gasteiger partial charge in [-0.15, -0.1) is 11.3 Å². The Balaban J connectivity index is 2.41. The lowest BCUT2D eigenvalue weighted by atomic mass is 10.2. The minimum atomic E-state index is 0.0254. The number of nitrogens with zero attached hydrogens (tertiary/aromatic N) is 1. The molecule has 0 saturated carbocycles. The van der Waals surface area contributed by atoms with E-state index in [4.69, 9.17) is 9.84 Å². The van der Waals surface area contributed by atoms with Crippen LogP contribution in [-0.2, 0) is 0 Å². The molecule has 1 aromatic carbocycles. The summed E-state index contributed by atoms with van der Waals surface area (Å²) < 4.78 is 6.59. The van der Waals surface area contributed by atoms with Gasteiger partial charge in [-0.2, -0.15) is 0 Å². The second kappa shape index (κ2) is 4.80. The van der Waals surface area contributed by atoms with Crippen LogP contribution in [-0.4, -0.2) is 23.3 Å². The van der Waals surface area contributed by atoms with Crippen molar-refractivity contribution in [2.45, 2.75) is 19.8 Å². The third kappa shape index (κ3) is 2.18. The Morgan fingerprint density at radius 1 is 1.44 bits per heavy atom. The van der Waals surface area contributed by atoms with Crippen molar-refractivity contribution in [2.75, 3.05) is 13.2 Å². The number of hydrogen-bond donors (Lipinski definition) is 1. The van der Waals surface area contributed by atoms with Gasteiger partial charge in [0.2, 0.25) is 0 Å². The molecule has 4 heteroatoms. The van der Waals surface area contributed by atoms with Gasteiger partial charge < -0.3 is 9.84 Å². The molecule has 0 radical (unpaired) electrons. The van der Waals surface area contributed by atoms with Crippen molar-refractivity contribution in [1.82, 2.24) is 4.98 Å². The predicted octanol–water partition coefficient (Wildman–Crippen LogP) is 2.79. The Kier molecular flexibility index (Phi) is 3.41. The monoisotopic (exact) mass is 237 g/mol. The molecule has 1 aromatic heterocycles. The number of aromatic nitrogens is 1. The van der Waals surface area contributed by atoms with Crippen molar-refractivity contribution in [2.24, 2.45) is 0 Å². The zero-order valence-corrected chi connectivity index (χ0v) is 10.3. The molecule has 0 unspecified atom stereocenters. The highest BCUT2D eigenvalue weighted by Crippen LogP contribution is 2.32.